The molecule has 0 amide bonds. The van der Waals surface area contributed by atoms with Crippen LogP contribution >= 0.6 is 0 Å². The smallest absolute Gasteiger partial charge is 0.345 e. The van der Waals surface area contributed by atoms with Crippen molar-refractivity contribution < 1.29 is 23.1 Å². The normalized spacial score (nSPS) is 11.6. The molecule has 0 saturated heterocycles. The van der Waals surface area contributed by atoms with Crippen LogP contribution in [0.5, 0.6) is 0 Å². The van der Waals surface area contributed by atoms with E-state index in [1.54, 1.807) is 60.7 Å². The number of carbonyl (C=O) groups excluding carboxylic acids is 2. The number of ether oxygens (including phenoxy) is 1. The highest BCUT2D eigenvalue weighted by Crippen LogP contribution is 2.25. The van der Waals surface area contributed by atoms with Crippen LogP contribution in [0, 0.1) is 11.6 Å². The zero-order chi connectivity index (χ0) is 18.5. The van der Waals surface area contributed by atoms with Crippen LogP contribution in [-0.4, -0.2) is 11.8 Å². The van der Waals surface area contributed by atoms with Crippen molar-refractivity contribution in [2.75, 3.05) is 0 Å². The van der Waals surface area contributed by atoms with Gasteiger partial charge in [0.15, 0.2) is 6.10 Å². The summed E-state index contributed by atoms with van der Waals surface area (Å²) in [4.78, 5) is 25.2. The van der Waals surface area contributed by atoms with Gasteiger partial charge in [-0.1, -0.05) is 66.7 Å². The molecule has 3 rings (SSSR count). The largest absolute Gasteiger partial charge is 0.445 e. The Morgan fingerprint density at radius 1 is 0.731 bits per heavy atom. The van der Waals surface area contributed by atoms with Gasteiger partial charge in [0, 0.05) is 11.1 Å². The topological polar surface area (TPSA) is 43.4 Å². The lowest BCUT2D eigenvalue weighted by molar-refractivity contribution is 0.0271. The summed E-state index contributed by atoms with van der Waals surface area (Å²) in [6.45, 7) is 0. The molecular formula is C21H14F2O3. The van der Waals surface area contributed by atoms with E-state index in [2.05, 4.69) is 0 Å². The second-order valence-electron chi connectivity index (χ2n) is 5.52. The van der Waals surface area contributed by atoms with Crippen molar-refractivity contribution >= 4 is 11.8 Å². The quantitative estimate of drug-likeness (QED) is 0.492. The van der Waals surface area contributed by atoms with Gasteiger partial charge in [-0.15, -0.1) is 0 Å². The average molecular weight is 352 g/mol. The molecule has 0 spiro atoms. The van der Waals surface area contributed by atoms with E-state index in [-0.39, 0.29) is 0 Å². The average Bonchev–Trinajstić information content (AvgIpc) is 2.67. The number of carbonyl (C=O) groups is 2. The molecule has 3 aromatic rings. The first-order valence-corrected chi connectivity index (χ1v) is 7.87. The van der Waals surface area contributed by atoms with Crippen molar-refractivity contribution in [3.8, 4) is 0 Å². The Balaban J connectivity index is 1.97. The molecule has 0 aliphatic carbocycles. The first-order valence-electron chi connectivity index (χ1n) is 7.87. The van der Waals surface area contributed by atoms with Crippen LogP contribution in [0.4, 0.5) is 8.78 Å². The first-order chi connectivity index (χ1) is 12.6. The molecule has 26 heavy (non-hydrogen) atoms. The lowest BCUT2D eigenvalue weighted by Crippen LogP contribution is -2.21. The molecule has 3 aromatic carbocycles. The van der Waals surface area contributed by atoms with Gasteiger partial charge >= 0.3 is 5.97 Å². The van der Waals surface area contributed by atoms with Crippen LogP contribution in [0.25, 0.3) is 0 Å². The van der Waals surface area contributed by atoms with E-state index in [4.69, 9.17) is 4.74 Å². The van der Waals surface area contributed by atoms with Crippen LogP contribution in [0.2, 0.25) is 0 Å². The SMILES string of the molecule is O=C(O[C@H](C(=O)c1ccccc1)c1ccccc1)c1c(F)cccc1F. The van der Waals surface area contributed by atoms with Crippen LogP contribution in [-0.2, 0) is 4.74 Å². The maximum Gasteiger partial charge on any atom is 0.345 e. The van der Waals surface area contributed by atoms with Crippen molar-refractivity contribution in [1.29, 1.82) is 0 Å². The Bertz CT molecular complexity index is 904. The molecule has 0 unspecified atom stereocenters. The minimum atomic E-state index is -1.31. The zero-order valence-electron chi connectivity index (χ0n) is 13.6. The van der Waals surface area contributed by atoms with E-state index in [0.717, 1.165) is 18.2 Å². The van der Waals surface area contributed by atoms with Crippen molar-refractivity contribution in [1.82, 2.24) is 0 Å². The summed E-state index contributed by atoms with van der Waals surface area (Å²) >= 11 is 0. The minimum absolute atomic E-state index is 0.322. The second-order valence-corrected chi connectivity index (χ2v) is 5.52. The van der Waals surface area contributed by atoms with E-state index >= 15 is 0 Å². The van der Waals surface area contributed by atoms with Crippen molar-refractivity contribution in [2.45, 2.75) is 6.10 Å². The lowest BCUT2D eigenvalue weighted by atomic mass is 9.99. The molecule has 0 aliphatic rings. The second kappa shape index (κ2) is 7.70. The molecule has 130 valence electrons. The molecule has 0 saturated carbocycles. The summed E-state index contributed by atoms with van der Waals surface area (Å²) in [6.07, 6.45) is -1.31. The number of esters is 1. The number of halogens is 2. The molecule has 0 N–H and O–H groups in total. The fourth-order valence-electron chi connectivity index (χ4n) is 2.51. The summed E-state index contributed by atoms with van der Waals surface area (Å²) in [7, 11) is 0. The molecule has 0 aliphatic heterocycles. The number of rotatable bonds is 5. The van der Waals surface area contributed by atoms with Crippen molar-refractivity contribution in [2.24, 2.45) is 0 Å². The maximum atomic E-state index is 13.9. The minimum Gasteiger partial charge on any atom is -0.445 e. The van der Waals surface area contributed by atoms with Gasteiger partial charge < -0.3 is 4.74 Å². The van der Waals surface area contributed by atoms with Crippen LogP contribution < -0.4 is 0 Å². The Hall–Kier alpha value is -3.34. The van der Waals surface area contributed by atoms with Gasteiger partial charge in [0.05, 0.1) is 0 Å². The molecule has 0 heterocycles. The van der Waals surface area contributed by atoms with Crippen LogP contribution in [0.15, 0.2) is 78.9 Å². The lowest BCUT2D eigenvalue weighted by Gasteiger charge is -2.18. The Kier molecular flexibility index (Phi) is 5.17. The standard InChI is InChI=1S/C21H14F2O3/c22-16-12-7-13-17(23)18(16)21(25)26-20(15-10-5-2-6-11-15)19(24)14-8-3-1-4-9-14/h1-13,20H/t20-/m0/s1. The predicted molar refractivity (Wildman–Crippen MR) is 91.7 cm³/mol. The summed E-state index contributed by atoms with van der Waals surface area (Å²) in [5.41, 5.74) is -0.0936. The monoisotopic (exact) mass is 352 g/mol. The van der Waals surface area contributed by atoms with Gasteiger partial charge in [0.1, 0.15) is 17.2 Å². The Labute approximate surface area is 148 Å². The van der Waals surface area contributed by atoms with Gasteiger partial charge in [-0.3, -0.25) is 4.79 Å². The van der Waals surface area contributed by atoms with Crippen molar-refractivity contribution in [3.63, 3.8) is 0 Å². The molecule has 5 heteroatoms. The predicted octanol–water partition coefficient (Wildman–Crippen LogP) is 4.75. The van der Waals surface area contributed by atoms with E-state index in [1.807, 2.05) is 0 Å². The summed E-state index contributed by atoms with van der Waals surface area (Å²) in [5, 5.41) is 0. The van der Waals surface area contributed by atoms with Gasteiger partial charge in [-0.05, 0) is 12.1 Å². The van der Waals surface area contributed by atoms with Crippen LogP contribution in [0.3, 0.4) is 0 Å². The first kappa shape index (κ1) is 17.5. The summed E-state index contributed by atoms with van der Waals surface area (Å²) in [6, 6.07) is 19.6. The molecule has 3 nitrogen and oxygen atoms in total. The van der Waals surface area contributed by atoms with E-state index < -0.39 is 35.1 Å². The van der Waals surface area contributed by atoms with Gasteiger partial charge in [-0.25, -0.2) is 13.6 Å². The van der Waals surface area contributed by atoms with Gasteiger partial charge in [0.2, 0.25) is 5.78 Å². The third-order valence-electron chi connectivity index (χ3n) is 3.79. The third-order valence-corrected chi connectivity index (χ3v) is 3.79. The van der Waals surface area contributed by atoms with Crippen molar-refractivity contribution in [3.05, 3.63) is 107 Å². The fourth-order valence-corrected chi connectivity index (χ4v) is 2.51. The zero-order valence-corrected chi connectivity index (χ0v) is 13.6. The molecule has 0 fully saturated rings. The highest BCUT2D eigenvalue weighted by Gasteiger charge is 2.29. The molecule has 0 radical (unpaired) electrons. The molecule has 0 bridgehead atoms. The number of hydrogen-bond donors (Lipinski definition) is 0. The number of benzene rings is 3. The fraction of sp³-hybridized carbons (Fsp3) is 0.0476. The highest BCUT2D eigenvalue weighted by atomic mass is 19.1. The number of hydrogen-bond acceptors (Lipinski definition) is 3. The Morgan fingerprint density at radius 2 is 1.27 bits per heavy atom. The third kappa shape index (κ3) is 3.67. The van der Waals surface area contributed by atoms with E-state index in [0.29, 0.717) is 11.1 Å². The van der Waals surface area contributed by atoms with E-state index in [1.165, 1.54) is 0 Å². The summed E-state index contributed by atoms with van der Waals surface area (Å²) in [5.74, 6) is -3.82. The van der Waals surface area contributed by atoms with Crippen LogP contribution in [0.1, 0.15) is 32.4 Å². The molecular weight excluding hydrogens is 338 g/mol. The number of Topliss-reactive ketones (excluding diaryl/α,β-unsaturated/α-hetero) is 1. The highest BCUT2D eigenvalue weighted by molar-refractivity contribution is 6.02. The maximum absolute atomic E-state index is 13.9. The summed E-state index contributed by atoms with van der Waals surface area (Å²) < 4.78 is 32.9. The number of ketones is 1. The molecule has 1 atom stereocenters. The van der Waals surface area contributed by atoms with Gasteiger partial charge in [0.25, 0.3) is 0 Å². The Morgan fingerprint density at radius 3 is 1.85 bits per heavy atom. The molecule has 0 aromatic heterocycles. The van der Waals surface area contributed by atoms with E-state index in [9.17, 15) is 18.4 Å². The van der Waals surface area contributed by atoms with Gasteiger partial charge in [-0.2, -0.15) is 0 Å².